The third-order valence-electron chi connectivity index (χ3n) is 3.48. The van der Waals surface area contributed by atoms with Crippen LogP contribution in [0.1, 0.15) is 22.8 Å². The van der Waals surface area contributed by atoms with Crippen molar-refractivity contribution in [2.24, 2.45) is 0 Å². The zero-order valence-corrected chi connectivity index (χ0v) is 13.5. The van der Waals surface area contributed by atoms with E-state index in [0.29, 0.717) is 5.56 Å². The van der Waals surface area contributed by atoms with E-state index in [0.717, 1.165) is 22.6 Å². The molecular formula is C18H18F2N2O2. The molecule has 6 heteroatoms. The minimum absolute atomic E-state index is 0.0197. The Balaban J connectivity index is 2.02. The fraction of sp³-hybridized carbons (Fsp3) is 0.222. The summed E-state index contributed by atoms with van der Waals surface area (Å²) in [4.78, 5) is 24.9. The van der Waals surface area contributed by atoms with E-state index in [1.807, 2.05) is 13.0 Å². The summed E-state index contributed by atoms with van der Waals surface area (Å²) >= 11 is 0. The number of aryl methyl sites for hydroxylation is 1. The number of nitrogens with zero attached hydrogens (tertiary/aromatic N) is 1. The van der Waals surface area contributed by atoms with E-state index in [-0.39, 0.29) is 24.7 Å². The summed E-state index contributed by atoms with van der Waals surface area (Å²) in [5.41, 5.74) is 1.45. The molecule has 0 saturated heterocycles. The molecule has 1 N–H and O–H groups in total. The van der Waals surface area contributed by atoms with Gasteiger partial charge in [-0.25, -0.2) is 8.78 Å². The number of anilines is 1. The van der Waals surface area contributed by atoms with Crippen molar-refractivity contribution in [1.82, 2.24) is 5.32 Å². The minimum Gasteiger partial charge on any atom is -0.350 e. The van der Waals surface area contributed by atoms with Crippen molar-refractivity contribution in [3.05, 3.63) is 65.2 Å². The molecule has 0 aliphatic rings. The van der Waals surface area contributed by atoms with Crippen LogP contribution >= 0.6 is 0 Å². The number of benzene rings is 2. The third kappa shape index (κ3) is 4.38. The summed E-state index contributed by atoms with van der Waals surface area (Å²) in [5.74, 6) is -2.21. The number of carbonyl (C=O) groups is 2. The Morgan fingerprint density at radius 3 is 2.50 bits per heavy atom. The van der Waals surface area contributed by atoms with E-state index in [1.54, 1.807) is 18.2 Å². The number of carbonyl (C=O) groups excluding carboxylic acids is 2. The highest BCUT2D eigenvalue weighted by Crippen LogP contribution is 2.20. The summed E-state index contributed by atoms with van der Waals surface area (Å²) in [6, 6.07) is 10.1. The molecule has 2 aromatic rings. The normalized spacial score (nSPS) is 10.3. The first kappa shape index (κ1) is 17.6. The van der Waals surface area contributed by atoms with Crippen LogP contribution in [0.15, 0.2) is 42.5 Å². The second-order valence-corrected chi connectivity index (χ2v) is 5.39. The van der Waals surface area contributed by atoms with E-state index in [1.165, 1.54) is 13.0 Å². The first-order valence-electron chi connectivity index (χ1n) is 7.46. The molecule has 4 nitrogen and oxygen atoms in total. The van der Waals surface area contributed by atoms with Gasteiger partial charge in [0.1, 0.15) is 11.6 Å². The van der Waals surface area contributed by atoms with Gasteiger partial charge in [-0.2, -0.15) is 0 Å². The SMILES string of the molecule is CC(=O)N(CCNC(=O)c1cccc(C)c1)c1ccc(F)cc1F. The highest BCUT2D eigenvalue weighted by atomic mass is 19.1. The maximum absolute atomic E-state index is 13.8. The Bertz CT molecular complexity index is 762. The average molecular weight is 332 g/mol. The fourth-order valence-electron chi connectivity index (χ4n) is 2.32. The Hall–Kier alpha value is -2.76. The lowest BCUT2D eigenvalue weighted by Gasteiger charge is -2.22. The monoisotopic (exact) mass is 332 g/mol. The predicted molar refractivity (Wildman–Crippen MR) is 87.9 cm³/mol. The van der Waals surface area contributed by atoms with Gasteiger partial charge in [-0.05, 0) is 31.2 Å². The van der Waals surface area contributed by atoms with Gasteiger partial charge in [0, 0.05) is 31.6 Å². The molecule has 0 aliphatic heterocycles. The van der Waals surface area contributed by atoms with E-state index in [4.69, 9.17) is 0 Å². The molecule has 0 atom stereocenters. The number of rotatable bonds is 5. The van der Waals surface area contributed by atoms with E-state index in [9.17, 15) is 18.4 Å². The van der Waals surface area contributed by atoms with Crippen molar-refractivity contribution in [3.63, 3.8) is 0 Å². The first-order chi connectivity index (χ1) is 11.4. The van der Waals surface area contributed by atoms with Gasteiger partial charge >= 0.3 is 0 Å². The summed E-state index contributed by atoms with van der Waals surface area (Å²) in [7, 11) is 0. The van der Waals surface area contributed by atoms with E-state index >= 15 is 0 Å². The molecule has 0 radical (unpaired) electrons. The highest BCUT2D eigenvalue weighted by Gasteiger charge is 2.16. The van der Waals surface area contributed by atoms with Crippen LogP contribution in [0.5, 0.6) is 0 Å². The van der Waals surface area contributed by atoms with Gasteiger partial charge < -0.3 is 10.2 Å². The Morgan fingerprint density at radius 2 is 1.88 bits per heavy atom. The van der Waals surface area contributed by atoms with Gasteiger partial charge in [-0.15, -0.1) is 0 Å². The van der Waals surface area contributed by atoms with Crippen LogP contribution in [0.3, 0.4) is 0 Å². The molecule has 0 heterocycles. The van der Waals surface area contributed by atoms with Crippen LogP contribution in [0.4, 0.5) is 14.5 Å². The molecule has 2 amide bonds. The molecule has 24 heavy (non-hydrogen) atoms. The lowest BCUT2D eigenvalue weighted by Crippen LogP contribution is -2.38. The number of hydrogen-bond donors (Lipinski definition) is 1. The molecule has 0 aromatic heterocycles. The second-order valence-electron chi connectivity index (χ2n) is 5.39. The summed E-state index contributed by atoms with van der Waals surface area (Å²) in [5, 5.41) is 2.68. The molecule has 0 saturated carbocycles. The molecular weight excluding hydrogens is 314 g/mol. The van der Waals surface area contributed by atoms with Gasteiger partial charge in [-0.3, -0.25) is 9.59 Å². The van der Waals surface area contributed by atoms with Crippen molar-refractivity contribution in [3.8, 4) is 0 Å². The Kier molecular flexibility index (Phi) is 5.63. The predicted octanol–water partition coefficient (Wildman–Crippen LogP) is 3.06. The number of halogens is 2. The zero-order valence-electron chi connectivity index (χ0n) is 13.5. The standard InChI is InChI=1S/C18H18F2N2O2/c1-12-4-3-5-14(10-12)18(24)21-8-9-22(13(2)23)17-7-6-15(19)11-16(17)20/h3-7,10-11H,8-9H2,1-2H3,(H,21,24). The van der Waals surface area contributed by atoms with Crippen molar-refractivity contribution >= 4 is 17.5 Å². The van der Waals surface area contributed by atoms with Gasteiger partial charge in [0.25, 0.3) is 5.91 Å². The van der Waals surface area contributed by atoms with Gasteiger partial charge in [0.15, 0.2) is 0 Å². The molecule has 0 spiro atoms. The molecule has 126 valence electrons. The van der Waals surface area contributed by atoms with Crippen molar-refractivity contribution in [2.45, 2.75) is 13.8 Å². The van der Waals surface area contributed by atoms with Crippen LogP contribution in [0.25, 0.3) is 0 Å². The second kappa shape index (κ2) is 7.68. The molecule has 2 rings (SSSR count). The molecule has 0 unspecified atom stereocenters. The van der Waals surface area contributed by atoms with Crippen LogP contribution in [0.2, 0.25) is 0 Å². The van der Waals surface area contributed by atoms with Gasteiger partial charge in [0.05, 0.1) is 5.69 Å². The summed E-state index contributed by atoms with van der Waals surface area (Å²) in [6.45, 7) is 3.38. The lowest BCUT2D eigenvalue weighted by molar-refractivity contribution is -0.116. The van der Waals surface area contributed by atoms with Crippen LogP contribution in [0, 0.1) is 18.6 Å². The smallest absolute Gasteiger partial charge is 0.251 e. The largest absolute Gasteiger partial charge is 0.350 e. The van der Waals surface area contributed by atoms with Crippen LogP contribution < -0.4 is 10.2 Å². The summed E-state index contributed by atoms with van der Waals surface area (Å²) in [6.07, 6.45) is 0. The quantitative estimate of drug-likeness (QED) is 0.915. The summed E-state index contributed by atoms with van der Waals surface area (Å²) < 4.78 is 26.8. The van der Waals surface area contributed by atoms with Crippen molar-refractivity contribution in [2.75, 3.05) is 18.0 Å². The zero-order chi connectivity index (χ0) is 17.7. The Morgan fingerprint density at radius 1 is 1.12 bits per heavy atom. The van der Waals surface area contributed by atoms with Gasteiger partial charge in [0.2, 0.25) is 5.91 Å². The molecule has 0 fully saturated rings. The highest BCUT2D eigenvalue weighted by molar-refractivity contribution is 5.95. The van der Waals surface area contributed by atoms with Crippen molar-refractivity contribution in [1.29, 1.82) is 0 Å². The van der Waals surface area contributed by atoms with Crippen LogP contribution in [-0.2, 0) is 4.79 Å². The average Bonchev–Trinajstić information content (AvgIpc) is 2.52. The Labute approximate surface area is 139 Å². The fourth-order valence-corrected chi connectivity index (χ4v) is 2.32. The number of amides is 2. The lowest BCUT2D eigenvalue weighted by atomic mass is 10.1. The number of hydrogen-bond acceptors (Lipinski definition) is 2. The van der Waals surface area contributed by atoms with Crippen LogP contribution in [-0.4, -0.2) is 24.9 Å². The van der Waals surface area contributed by atoms with E-state index < -0.39 is 17.5 Å². The topological polar surface area (TPSA) is 49.4 Å². The maximum Gasteiger partial charge on any atom is 0.251 e. The number of nitrogens with one attached hydrogen (secondary N) is 1. The van der Waals surface area contributed by atoms with Gasteiger partial charge in [-0.1, -0.05) is 17.7 Å². The first-order valence-corrected chi connectivity index (χ1v) is 7.46. The molecule has 0 aliphatic carbocycles. The maximum atomic E-state index is 13.8. The van der Waals surface area contributed by atoms with Crippen molar-refractivity contribution < 1.29 is 18.4 Å². The minimum atomic E-state index is -0.824. The third-order valence-corrected chi connectivity index (χ3v) is 3.48. The van der Waals surface area contributed by atoms with E-state index in [2.05, 4.69) is 5.32 Å². The molecule has 2 aromatic carbocycles. The molecule has 0 bridgehead atoms.